The van der Waals surface area contributed by atoms with Crippen molar-refractivity contribution in [1.82, 2.24) is 14.7 Å². The highest BCUT2D eigenvalue weighted by Gasteiger charge is 2.36. The number of aliphatic hydroxyl groups is 1. The van der Waals surface area contributed by atoms with Crippen molar-refractivity contribution in [3.63, 3.8) is 0 Å². The Morgan fingerprint density at radius 2 is 2.04 bits per heavy atom. The van der Waals surface area contributed by atoms with E-state index in [4.69, 9.17) is 16.6 Å². The fourth-order valence-corrected chi connectivity index (χ4v) is 3.39. The van der Waals surface area contributed by atoms with Gasteiger partial charge in [-0.1, -0.05) is 30.7 Å². The first kappa shape index (κ1) is 17.1. The lowest BCUT2D eigenvalue weighted by atomic mass is 10.2. The van der Waals surface area contributed by atoms with Crippen LogP contribution in [0.5, 0.6) is 0 Å². The number of benzene rings is 1. The average Bonchev–Trinajstić information content (AvgIpc) is 2.88. The molecule has 2 aliphatic rings. The normalized spacial score (nSPS) is 21.5. The molecule has 2 unspecified atom stereocenters. The quantitative estimate of drug-likeness (QED) is 0.888. The minimum Gasteiger partial charge on any atom is -0.389 e. The Kier molecular flexibility index (Phi) is 5.01. The van der Waals surface area contributed by atoms with Crippen LogP contribution in [-0.4, -0.2) is 58.2 Å². The molecular formula is C18H25ClN4O. The van der Waals surface area contributed by atoms with Crippen molar-refractivity contribution in [3.8, 4) is 0 Å². The van der Waals surface area contributed by atoms with Crippen molar-refractivity contribution in [2.24, 2.45) is 4.99 Å². The van der Waals surface area contributed by atoms with Crippen LogP contribution in [0.1, 0.15) is 25.8 Å². The predicted octanol–water partition coefficient (Wildman–Crippen LogP) is 2.72. The van der Waals surface area contributed by atoms with Crippen LogP contribution in [0.4, 0.5) is 0 Å². The molecule has 0 amide bonds. The molecule has 130 valence electrons. The number of hydrogen-bond acceptors (Lipinski definition) is 5. The SMILES string of the molecule is CCCN1CN(Cc2ccc(Cl)cc2)C=C2C1=NC(C(C)O)N2C. The van der Waals surface area contributed by atoms with Gasteiger partial charge in [0.1, 0.15) is 6.17 Å². The molecule has 24 heavy (non-hydrogen) atoms. The van der Waals surface area contributed by atoms with Gasteiger partial charge in [-0.05, 0) is 31.0 Å². The Bertz CT molecular complexity index is 641. The minimum atomic E-state index is -0.498. The Morgan fingerprint density at radius 3 is 2.67 bits per heavy atom. The Morgan fingerprint density at radius 1 is 1.33 bits per heavy atom. The highest BCUT2D eigenvalue weighted by atomic mass is 35.5. The van der Waals surface area contributed by atoms with E-state index in [1.54, 1.807) is 6.92 Å². The van der Waals surface area contributed by atoms with E-state index in [9.17, 15) is 5.11 Å². The van der Waals surface area contributed by atoms with Crippen LogP contribution in [0.2, 0.25) is 5.02 Å². The largest absolute Gasteiger partial charge is 0.389 e. The lowest BCUT2D eigenvalue weighted by Crippen LogP contribution is -2.45. The molecule has 0 aromatic heterocycles. The van der Waals surface area contributed by atoms with E-state index >= 15 is 0 Å². The first-order valence-corrected chi connectivity index (χ1v) is 8.81. The van der Waals surface area contributed by atoms with Crippen LogP contribution in [0.15, 0.2) is 41.2 Å². The fraction of sp³-hybridized carbons (Fsp3) is 0.500. The van der Waals surface area contributed by atoms with Gasteiger partial charge in [-0.3, -0.25) is 0 Å². The fourth-order valence-electron chi connectivity index (χ4n) is 3.27. The van der Waals surface area contributed by atoms with Gasteiger partial charge in [0, 0.05) is 31.4 Å². The standard InChI is InChI=1S/C18H25ClN4O/c1-4-9-23-12-22(10-14-5-7-15(19)8-6-14)11-16-18(23)20-17(13(2)24)21(16)3/h5-8,11,13,17,24H,4,9-10,12H2,1-3H3. The summed E-state index contributed by atoms with van der Waals surface area (Å²) in [6.45, 7) is 6.54. The van der Waals surface area contributed by atoms with Crippen molar-refractivity contribution in [2.45, 2.75) is 39.1 Å². The number of aliphatic imine (C=N–C) groups is 1. The second-order valence-electron chi connectivity index (χ2n) is 6.51. The predicted molar refractivity (Wildman–Crippen MR) is 97.6 cm³/mol. The number of hydrogen-bond donors (Lipinski definition) is 1. The van der Waals surface area contributed by atoms with E-state index in [1.165, 1.54) is 5.56 Å². The Labute approximate surface area is 148 Å². The van der Waals surface area contributed by atoms with Crippen LogP contribution >= 0.6 is 11.6 Å². The monoisotopic (exact) mass is 348 g/mol. The van der Waals surface area contributed by atoms with E-state index in [1.807, 2.05) is 19.2 Å². The van der Waals surface area contributed by atoms with Gasteiger partial charge in [-0.15, -0.1) is 0 Å². The molecule has 2 atom stereocenters. The number of likely N-dealkylation sites (N-methyl/N-ethyl adjacent to an activating group) is 1. The van der Waals surface area contributed by atoms with Gasteiger partial charge in [0.25, 0.3) is 0 Å². The molecule has 6 heteroatoms. The molecule has 2 heterocycles. The van der Waals surface area contributed by atoms with Crippen molar-refractivity contribution in [3.05, 3.63) is 46.7 Å². The molecule has 1 aromatic rings. The minimum absolute atomic E-state index is 0.207. The van der Waals surface area contributed by atoms with E-state index in [-0.39, 0.29) is 6.17 Å². The van der Waals surface area contributed by atoms with Gasteiger partial charge in [0.15, 0.2) is 5.84 Å². The Balaban J connectivity index is 1.84. The number of amidine groups is 1. The molecule has 0 fully saturated rings. The van der Waals surface area contributed by atoms with Gasteiger partial charge in [-0.25, -0.2) is 4.99 Å². The lowest BCUT2D eigenvalue weighted by molar-refractivity contribution is 0.107. The van der Waals surface area contributed by atoms with Crippen molar-refractivity contribution in [2.75, 3.05) is 20.3 Å². The summed E-state index contributed by atoms with van der Waals surface area (Å²) >= 11 is 5.98. The third kappa shape index (κ3) is 3.37. The third-order valence-corrected chi connectivity index (χ3v) is 4.69. The number of aliphatic hydroxyl groups excluding tert-OH is 1. The number of nitrogens with zero attached hydrogens (tertiary/aromatic N) is 4. The first-order valence-electron chi connectivity index (χ1n) is 8.44. The van der Waals surface area contributed by atoms with Crippen molar-refractivity contribution < 1.29 is 5.11 Å². The summed E-state index contributed by atoms with van der Waals surface area (Å²) in [7, 11) is 2.00. The average molecular weight is 349 g/mol. The molecule has 1 aromatic carbocycles. The number of fused-ring (bicyclic) bond motifs is 1. The number of rotatable bonds is 5. The van der Waals surface area contributed by atoms with Gasteiger partial charge in [0.05, 0.1) is 18.5 Å². The summed E-state index contributed by atoms with van der Waals surface area (Å²) in [5.41, 5.74) is 2.30. The molecule has 0 spiro atoms. The highest BCUT2D eigenvalue weighted by Crippen LogP contribution is 2.28. The summed E-state index contributed by atoms with van der Waals surface area (Å²) < 4.78 is 0. The molecule has 3 rings (SSSR count). The van der Waals surface area contributed by atoms with Crippen LogP contribution in [0.3, 0.4) is 0 Å². The zero-order chi connectivity index (χ0) is 17.3. The van der Waals surface area contributed by atoms with Gasteiger partial charge in [0.2, 0.25) is 0 Å². The second-order valence-corrected chi connectivity index (χ2v) is 6.95. The van der Waals surface area contributed by atoms with E-state index in [0.29, 0.717) is 0 Å². The van der Waals surface area contributed by atoms with Gasteiger partial charge < -0.3 is 19.8 Å². The zero-order valence-electron chi connectivity index (χ0n) is 14.5. The van der Waals surface area contributed by atoms with Gasteiger partial charge >= 0.3 is 0 Å². The van der Waals surface area contributed by atoms with Crippen LogP contribution in [0.25, 0.3) is 0 Å². The van der Waals surface area contributed by atoms with Gasteiger partial charge in [-0.2, -0.15) is 0 Å². The summed E-state index contributed by atoms with van der Waals surface area (Å²) in [6.07, 6.45) is 2.51. The topological polar surface area (TPSA) is 42.3 Å². The number of halogens is 1. The smallest absolute Gasteiger partial charge is 0.152 e. The molecule has 0 aliphatic carbocycles. The van der Waals surface area contributed by atoms with Crippen LogP contribution in [0, 0.1) is 0 Å². The van der Waals surface area contributed by atoms with E-state index in [2.05, 4.69) is 40.0 Å². The molecule has 0 saturated heterocycles. The molecule has 0 radical (unpaired) electrons. The Hall–Kier alpha value is -1.72. The first-order chi connectivity index (χ1) is 11.5. The maximum absolute atomic E-state index is 9.99. The molecular weight excluding hydrogens is 324 g/mol. The zero-order valence-corrected chi connectivity index (χ0v) is 15.2. The van der Waals surface area contributed by atoms with Crippen LogP contribution < -0.4 is 0 Å². The lowest BCUT2D eigenvalue weighted by Gasteiger charge is -2.37. The molecule has 1 N–H and O–H groups in total. The highest BCUT2D eigenvalue weighted by molar-refractivity contribution is 6.30. The summed E-state index contributed by atoms with van der Waals surface area (Å²) in [4.78, 5) is 11.4. The summed E-state index contributed by atoms with van der Waals surface area (Å²) in [6, 6.07) is 7.98. The molecule has 0 bridgehead atoms. The molecule has 5 nitrogen and oxygen atoms in total. The second kappa shape index (κ2) is 7.03. The van der Waals surface area contributed by atoms with Crippen molar-refractivity contribution >= 4 is 17.4 Å². The maximum atomic E-state index is 9.99. The molecule has 2 aliphatic heterocycles. The summed E-state index contributed by atoms with van der Waals surface area (Å²) in [5.74, 6) is 0.998. The maximum Gasteiger partial charge on any atom is 0.152 e. The van der Waals surface area contributed by atoms with Crippen LogP contribution in [-0.2, 0) is 6.54 Å². The third-order valence-electron chi connectivity index (χ3n) is 4.44. The molecule has 0 saturated carbocycles. The van der Waals surface area contributed by atoms with Crippen molar-refractivity contribution in [1.29, 1.82) is 0 Å². The van der Waals surface area contributed by atoms with E-state index in [0.717, 1.165) is 42.7 Å². The van der Waals surface area contributed by atoms with E-state index < -0.39 is 6.10 Å². The summed E-state index contributed by atoms with van der Waals surface area (Å²) in [5, 5.41) is 10.7.